The van der Waals surface area contributed by atoms with Crippen LogP contribution in [0.1, 0.15) is 25.3 Å². The summed E-state index contributed by atoms with van der Waals surface area (Å²) in [6.07, 6.45) is 2.16. The van der Waals surface area contributed by atoms with Crippen molar-refractivity contribution in [3.05, 3.63) is 28.2 Å². The number of aryl methyl sites for hydroxylation is 1. The second kappa shape index (κ2) is 7.41. The summed E-state index contributed by atoms with van der Waals surface area (Å²) in [6, 6.07) is 6.05. The Morgan fingerprint density at radius 1 is 1.44 bits per heavy atom. The second-order valence-corrected chi connectivity index (χ2v) is 5.36. The van der Waals surface area contributed by atoms with Crippen LogP contribution in [0.25, 0.3) is 0 Å². The summed E-state index contributed by atoms with van der Waals surface area (Å²) in [5, 5.41) is 3.16. The fraction of sp³-hybridized carbons (Fsp3) is 0.500. The molecule has 0 fully saturated rings. The average Bonchev–Trinajstić information content (AvgIpc) is 2.34. The molecule has 100 valence electrons. The van der Waals surface area contributed by atoms with Gasteiger partial charge in [0.2, 0.25) is 5.91 Å². The van der Waals surface area contributed by atoms with Gasteiger partial charge in [0, 0.05) is 23.8 Å². The minimum atomic E-state index is 0.121. The van der Waals surface area contributed by atoms with Crippen LogP contribution in [-0.4, -0.2) is 30.9 Å². The largest absolute Gasteiger partial charge is 0.375 e. The fourth-order valence-electron chi connectivity index (χ4n) is 1.59. The molecule has 0 atom stereocenters. The molecule has 0 aliphatic carbocycles. The number of anilines is 1. The van der Waals surface area contributed by atoms with E-state index in [2.05, 4.69) is 28.2 Å². The zero-order chi connectivity index (χ0) is 13.5. The van der Waals surface area contributed by atoms with Crippen molar-refractivity contribution in [1.82, 2.24) is 4.90 Å². The Hall–Kier alpha value is -1.03. The summed E-state index contributed by atoms with van der Waals surface area (Å²) >= 11 is 3.49. The van der Waals surface area contributed by atoms with Gasteiger partial charge in [-0.3, -0.25) is 4.79 Å². The number of carbonyl (C=O) groups excluding carboxylic acids is 1. The van der Waals surface area contributed by atoms with E-state index in [1.165, 1.54) is 5.56 Å². The number of amides is 1. The Labute approximate surface area is 118 Å². The molecule has 3 nitrogen and oxygen atoms in total. The Morgan fingerprint density at radius 2 is 2.17 bits per heavy atom. The third-order valence-corrected chi connectivity index (χ3v) is 3.48. The number of carbonyl (C=O) groups is 1. The van der Waals surface area contributed by atoms with E-state index in [1.54, 1.807) is 4.90 Å². The smallest absolute Gasteiger partial charge is 0.241 e. The van der Waals surface area contributed by atoms with E-state index >= 15 is 0 Å². The van der Waals surface area contributed by atoms with Crippen LogP contribution in [0.5, 0.6) is 0 Å². The third-order valence-electron chi connectivity index (χ3n) is 2.83. The van der Waals surface area contributed by atoms with Crippen molar-refractivity contribution in [2.75, 3.05) is 25.5 Å². The normalized spacial score (nSPS) is 10.2. The maximum atomic E-state index is 11.8. The Bertz CT molecular complexity index is 407. The molecule has 0 aromatic heterocycles. The Morgan fingerprint density at radius 3 is 2.78 bits per heavy atom. The highest BCUT2D eigenvalue weighted by Crippen LogP contribution is 2.23. The quantitative estimate of drug-likeness (QED) is 0.873. The third kappa shape index (κ3) is 4.69. The molecule has 0 unspecified atom stereocenters. The van der Waals surface area contributed by atoms with Crippen LogP contribution in [0, 0.1) is 6.92 Å². The Kier molecular flexibility index (Phi) is 6.19. The van der Waals surface area contributed by atoms with E-state index in [1.807, 2.05) is 32.2 Å². The number of benzene rings is 1. The van der Waals surface area contributed by atoms with Gasteiger partial charge in [0.1, 0.15) is 0 Å². The molecule has 0 aliphatic heterocycles. The van der Waals surface area contributed by atoms with E-state index in [9.17, 15) is 4.79 Å². The van der Waals surface area contributed by atoms with Crippen LogP contribution in [-0.2, 0) is 4.79 Å². The first-order valence-corrected chi connectivity index (χ1v) is 7.08. The van der Waals surface area contributed by atoms with Crippen molar-refractivity contribution in [3.8, 4) is 0 Å². The van der Waals surface area contributed by atoms with Gasteiger partial charge in [-0.1, -0.05) is 19.4 Å². The van der Waals surface area contributed by atoms with Crippen LogP contribution in [0.4, 0.5) is 5.69 Å². The lowest BCUT2D eigenvalue weighted by Gasteiger charge is -2.17. The Balaban J connectivity index is 2.47. The number of unbranched alkanes of at least 4 members (excludes halogenated alkanes) is 1. The number of hydrogen-bond acceptors (Lipinski definition) is 2. The first-order valence-electron chi connectivity index (χ1n) is 6.28. The van der Waals surface area contributed by atoms with Gasteiger partial charge in [0.15, 0.2) is 0 Å². The molecule has 0 bridgehead atoms. The predicted molar refractivity (Wildman–Crippen MR) is 79.9 cm³/mol. The van der Waals surface area contributed by atoms with Crippen molar-refractivity contribution in [2.24, 2.45) is 0 Å². The molecule has 18 heavy (non-hydrogen) atoms. The molecule has 0 saturated heterocycles. The first kappa shape index (κ1) is 15.0. The minimum absolute atomic E-state index is 0.121. The number of halogens is 1. The molecule has 0 spiro atoms. The summed E-state index contributed by atoms with van der Waals surface area (Å²) < 4.78 is 0.992. The van der Waals surface area contributed by atoms with E-state index < -0.39 is 0 Å². The molecule has 0 radical (unpaired) electrons. The maximum absolute atomic E-state index is 11.8. The monoisotopic (exact) mass is 312 g/mol. The summed E-state index contributed by atoms with van der Waals surface area (Å²) in [5.41, 5.74) is 2.15. The molecule has 0 aliphatic rings. The van der Waals surface area contributed by atoms with Crippen molar-refractivity contribution >= 4 is 27.5 Å². The lowest BCUT2D eigenvalue weighted by Crippen LogP contribution is -2.32. The molecular formula is C14H21BrN2O. The van der Waals surface area contributed by atoms with Gasteiger partial charge in [-0.15, -0.1) is 0 Å². The standard InChI is InChI=1S/C14H21BrN2O/c1-4-5-8-17(3)14(18)10-16-13-7-6-11(2)9-12(13)15/h6-7,9,16H,4-5,8,10H2,1-3H3. The summed E-state index contributed by atoms with van der Waals surface area (Å²) in [7, 11) is 1.85. The summed E-state index contributed by atoms with van der Waals surface area (Å²) in [5.74, 6) is 0.121. The number of nitrogens with one attached hydrogen (secondary N) is 1. The number of nitrogens with zero attached hydrogens (tertiary/aromatic N) is 1. The second-order valence-electron chi connectivity index (χ2n) is 4.51. The van der Waals surface area contributed by atoms with Crippen LogP contribution in [0.15, 0.2) is 22.7 Å². The highest BCUT2D eigenvalue weighted by Gasteiger charge is 2.08. The highest BCUT2D eigenvalue weighted by molar-refractivity contribution is 9.10. The lowest BCUT2D eigenvalue weighted by molar-refractivity contribution is -0.128. The first-order chi connectivity index (χ1) is 8.54. The molecular weight excluding hydrogens is 292 g/mol. The van der Waals surface area contributed by atoms with Crippen molar-refractivity contribution < 1.29 is 4.79 Å². The van der Waals surface area contributed by atoms with Gasteiger partial charge >= 0.3 is 0 Å². The predicted octanol–water partition coefficient (Wildman–Crippen LogP) is 3.43. The van der Waals surface area contributed by atoms with Gasteiger partial charge in [0.25, 0.3) is 0 Å². The van der Waals surface area contributed by atoms with Gasteiger partial charge < -0.3 is 10.2 Å². The van der Waals surface area contributed by atoms with Crippen molar-refractivity contribution in [3.63, 3.8) is 0 Å². The van der Waals surface area contributed by atoms with Gasteiger partial charge in [-0.2, -0.15) is 0 Å². The molecule has 0 saturated carbocycles. The van der Waals surface area contributed by atoms with E-state index in [0.717, 1.165) is 29.5 Å². The number of likely N-dealkylation sites (N-methyl/N-ethyl adjacent to an activating group) is 1. The van der Waals surface area contributed by atoms with Crippen molar-refractivity contribution in [2.45, 2.75) is 26.7 Å². The van der Waals surface area contributed by atoms with Gasteiger partial charge in [-0.25, -0.2) is 0 Å². The van der Waals surface area contributed by atoms with Crippen LogP contribution >= 0.6 is 15.9 Å². The van der Waals surface area contributed by atoms with Gasteiger partial charge in [0.05, 0.1) is 6.54 Å². The molecule has 1 N–H and O–H groups in total. The van der Waals surface area contributed by atoms with Gasteiger partial charge in [-0.05, 0) is 47.0 Å². The lowest BCUT2D eigenvalue weighted by atomic mass is 10.2. The summed E-state index contributed by atoms with van der Waals surface area (Å²) in [4.78, 5) is 13.6. The SMILES string of the molecule is CCCCN(C)C(=O)CNc1ccc(C)cc1Br. The summed E-state index contributed by atoms with van der Waals surface area (Å²) in [6.45, 7) is 5.33. The van der Waals surface area contributed by atoms with E-state index in [0.29, 0.717) is 6.54 Å². The minimum Gasteiger partial charge on any atom is -0.375 e. The topological polar surface area (TPSA) is 32.3 Å². The van der Waals surface area contributed by atoms with E-state index in [-0.39, 0.29) is 5.91 Å². The highest BCUT2D eigenvalue weighted by atomic mass is 79.9. The van der Waals surface area contributed by atoms with Crippen molar-refractivity contribution in [1.29, 1.82) is 0 Å². The average molecular weight is 313 g/mol. The fourth-order valence-corrected chi connectivity index (χ4v) is 2.22. The molecule has 4 heteroatoms. The molecule has 1 aromatic carbocycles. The van der Waals surface area contributed by atoms with E-state index in [4.69, 9.17) is 0 Å². The van der Waals surface area contributed by atoms with Crippen LogP contribution in [0.2, 0.25) is 0 Å². The molecule has 0 heterocycles. The zero-order valence-electron chi connectivity index (χ0n) is 11.3. The number of rotatable bonds is 6. The zero-order valence-corrected chi connectivity index (χ0v) is 12.9. The number of hydrogen-bond donors (Lipinski definition) is 1. The molecule has 1 rings (SSSR count). The molecule has 1 amide bonds. The molecule has 1 aromatic rings. The maximum Gasteiger partial charge on any atom is 0.241 e. The van der Waals surface area contributed by atoms with Crippen LogP contribution < -0.4 is 5.32 Å². The van der Waals surface area contributed by atoms with Crippen LogP contribution in [0.3, 0.4) is 0 Å².